The second-order valence-electron chi connectivity index (χ2n) is 5.57. The van der Waals surface area contributed by atoms with Gasteiger partial charge in [-0.2, -0.15) is 5.10 Å². The summed E-state index contributed by atoms with van der Waals surface area (Å²) in [6, 6.07) is 7.70. The van der Waals surface area contributed by atoms with E-state index < -0.39 is 0 Å². The molecule has 0 spiro atoms. The number of nitrogens with one attached hydrogen (secondary N) is 2. The fourth-order valence-electron chi connectivity index (χ4n) is 2.72. The van der Waals surface area contributed by atoms with Gasteiger partial charge in [0.05, 0.1) is 5.52 Å². The van der Waals surface area contributed by atoms with E-state index in [1.54, 1.807) is 0 Å². The van der Waals surface area contributed by atoms with E-state index in [2.05, 4.69) is 27.5 Å². The molecule has 2 aromatic rings. The van der Waals surface area contributed by atoms with Gasteiger partial charge in [0, 0.05) is 11.9 Å². The SMILES string of the molecule is CN1CCC(CNC(=O)c2n[nH]c3ccccc23)CC1. The van der Waals surface area contributed by atoms with Gasteiger partial charge in [-0.1, -0.05) is 18.2 Å². The molecule has 3 rings (SSSR count). The molecule has 1 saturated heterocycles. The molecule has 2 heterocycles. The molecule has 20 heavy (non-hydrogen) atoms. The highest BCUT2D eigenvalue weighted by Crippen LogP contribution is 2.17. The number of rotatable bonds is 3. The first-order valence-corrected chi connectivity index (χ1v) is 7.14. The maximum absolute atomic E-state index is 12.2. The number of likely N-dealkylation sites (tertiary alicyclic amines) is 1. The zero-order valence-corrected chi connectivity index (χ0v) is 11.7. The number of aromatic amines is 1. The molecule has 1 aliphatic heterocycles. The maximum atomic E-state index is 12.2. The molecule has 1 aliphatic rings. The zero-order valence-electron chi connectivity index (χ0n) is 11.7. The van der Waals surface area contributed by atoms with Crippen molar-refractivity contribution in [2.24, 2.45) is 5.92 Å². The van der Waals surface area contributed by atoms with Crippen LogP contribution in [0.5, 0.6) is 0 Å². The lowest BCUT2D eigenvalue weighted by Gasteiger charge is -2.28. The first-order valence-electron chi connectivity index (χ1n) is 7.14. The number of carbonyl (C=O) groups is 1. The van der Waals surface area contributed by atoms with Gasteiger partial charge in [-0.15, -0.1) is 0 Å². The second-order valence-corrected chi connectivity index (χ2v) is 5.57. The highest BCUT2D eigenvalue weighted by atomic mass is 16.1. The highest BCUT2D eigenvalue weighted by Gasteiger charge is 2.19. The second kappa shape index (κ2) is 5.63. The van der Waals surface area contributed by atoms with Gasteiger partial charge in [0.2, 0.25) is 0 Å². The monoisotopic (exact) mass is 272 g/mol. The normalized spacial score (nSPS) is 17.4. The number of H-pyrrole nitrogens is 1. The summed E-state index contributed by atoms with van der Waals surface area (Å²) in [4.78, 5) is 14.6. The van der Waals surface area contributed by atoms with Gasteiger partial charge in [-0.3, -0.25) is 9.89 Å². The van der Waals surface area contributed by atoms with Crippen molar-refractivity contribution in [2.45, 2.75) is 12.8 Å². The van der Waals surface area contributed by atoms with E-state index in [0.29, 0.717) is 11.6 Å². The van der Waals surface area contributed by atoms with Gasteiger partial charge in [-0.25, -0.2) is 0 Å². The molecule has 0 bridgehead atoms. The van der Waals surface area contributed by atoms with Gasteiger partial charge in [0.15, 0.2) is 5.69 Å². The Labute approximate surface area is 118 Å². The topological polar surface area (TPSA) is 61.0 Å². The average molecular weight is 272 g/mol. The van der Waals surface area contributed by atoms with Gasteiger partial charge in [0.1, 0.15) is 0 Å². The maximum Gasteiger partial charge on any atom is 0.272 e. The van der Waals surface area contributed by atoms with Crippen molar-refractivity contribution in [2.75, 3.05) is 26.7 Å². The number of hydrogen-bond donors (Lipinski definition) is 2. The van der Waals surface area contributed by atoms with E-state index in [-0.39, 0.29) is 5.91 Å². The van der Waals surface area contributed by atoms with Crippen molar-refractivity contribution >= 4 is 16.8 Å². The van der Waals surface area contributed by atoms with Crippen LogP contribution in [0, 0.1) is 5.92 Å². The molecular weight excluding hydrogens is 252 g/mol. The lowest BCUT2D eigenvalue weighted by atomic mass is 9.97. The minimum atomic E-state index is -0.0821. The number of piperidine rings is 1. The van der Waals surface area contributed by atoms with E-state index >= 15 is 0 Å². The largest absolute Gasteiger partial charge is 0.350 e. The summed E-state index contributed by atoms with van der Waals surface area (Å²) in [7, 11) is 2.14. The average Bonchev–Trinajstić information content (AvgIpc) is 2.90. The fraction of sp³-hybridized carbons (Fsp3) is 0.467. The zero-order chi connectivity index (χ0) is 13.9. The van der Waals surface area contributed by atoms with E-state index in [0.717, 1.165) is 43.4 Å². The summed E-state index contributed by atoms with van der Waals surface area (Å²) < 4.78 is 0. The first-order chi connectivity index (χ1) is 9.74. The van der Waals surface area contributed by atoms with Crippen LogP contribution >= 0.6 is 0 Å². The van der Waals surface area contributed by atoms with E-state index in [4.69, 9.17) is 0 Å². The van der Waals surface area contributed by atoms with Crippen LogP contribution in [0.2, 0.25) is 0 Å². The minimum Gasteiger partial charge on any atom is -0.350 e. The van der Waals surface area contributed by atoms with Gasteiger partial charge < -0.3 is 10.2 Å². The lowest BCUT2D eigenvalue weighted by molar-refractivity contribution is 0.0935. The first kappa shape index (κ1) is 13.1. The summed E-state index contributed by atoms with van der Waals surface area (Å²) in [6.45, 7) is 2.98. The Morgan fingerprint density at radius 3 is 2.95 bits per heavy atom. The number of hydrogen-bond acceptors (Lipinski definition) is 3. The third-order valence-electron chi connectivity index (χ3n) is 4.07. The third-order valence-corrected chi connectivity index (χ3v) is 4.07. The van der Waals surface area contributed by atoms with Crippen molar-refractivity contribution in [3.8, 4) is 0 Å². The number of carbonyl (C=O) groups excluding carboxylic acids is 1. The van der Waals surface area contributed by atoms with Crippen molar-refractivity contribution in [3.05, 3.63) is 30.0 Å². The molecule has 0 saturated carbocycles. The molecule has 2 N–H and O–H groups in total. The van der Waals surface area contributed by atoms with Crippen molar-refractivity contribution < 1.29 is 4.79 Å². The number of para-hydroxylation sites is 1. The molecule has 1 aromatic carbocycles. The predicted molar refractivity (Wildman–Crippen MR) is 78.6 cm³/mol. The summed E-state index contributed by atoms with van der Waals surface area (Å²) >= 11 is 0. The van der Waals surface area contributed by atoms with Crippen LogP contribution < -0.4 is 5.32 Å². The molecule has 0 aliphatic carbocycles. The molecule has 0 radical (unpaired) electrons. The fourth-order valence-corrected chi connectivity index (χ4v) is 2.72. The molecule has 106 valence electrons. The molecule has 1 fully saturated rings. The summed E-state index contributed by atoms with van der Waals surface area (Å²) in [5.74, 6) is 0.502. The van der Waals surface area contributed by atoms with E-state index in [1.807, 2.05) is 24.3 Å². The Bertz CT molecular complexity index is 599. The number of fused-ring (bicyclic) bond motifs is 1. The quantitative estimate of drug-likeness (QED) is 0.893. The molecule has 5 heteroatoms. The van der Waals surface area contributed by atoms with E-state index in [1.165, 1.54) is 0 Å². The minimum absolute atomic E-state index is 0.0821. The molecule has 1 amide bonds. The Hall–Kier alpha value is -1.88. The standard InChI is InChI=1S/C15H20N4O/c1-19-8-6-11(7-9-19)10-16-15(20)14-12-4-2-3-5-13(12)17-18-14/h2-5,11H,6-10H2,1H3,(H,16,20)(H,17,18). The van der Waals surface area contributed by atoms with Gasteiger partial charge >= 0.3 is 0 Å². The van der Waals surface area contributed by atoms with Crippen LogP contribution in [-0.2, 0) is 0 Å². The lowest BCUT2D eigenvalue weighted by Crippen LogP contribution is -2.37. The van der Waals surface area contributed by atoms with Crippen molar-refractivity contribution in [1.82, 2.24) is 20.4 Å². The van der Waals surface area contributed by atoms with Crippen LogP contribution in [0.15, 0.2) is 24.3 Å². The van der Waals surface area contributed by atoms with Crippen LogP contribution in [0.4, 0.5) is 0 Å². The number of benzene rings is 1. The molecule has 1 aromatic heterocycles. The van der Waals surface area contributed by atoms with Crippen LogP contribution in [0.3, 0.4) is 0 Å². The van der Waals surface area contributed by atoms with E-state index in [9.17, 15) is 4.79 Å². The molecule has 0 unspecified atom stereocenters. The van der Waals surface area contributed by atoms with Crippen LogP contribution in [0.1, 0.15) is 23.3 Å². The third kappa shape index (κ3) is 2.67. The number of amides is 1. The summed E-state index contributed by atoms with van der Waals surface area (Å²) in [5, 5.41) is 10.9. The summed E-state index contributed by atoms with van der Waals surface area (Å²) in [5.41, 5.74) is 1.39. The van der Waals surface area contributed by atoms with Gasteiger partial charge in [0.25, 0.3) is 5.91 Å². The van der Waals surface area contributed by atoms with Crippen LogP contribution in [0.25, 0.3) is 10.9 Å². The Kier molecular flexibility index (Phi) is 3.69. The van der Waals surface area contributed by atoms with Gasteiger partial charge in [-0.05, 0) is 45.0 Å². The Balaban J connectivity index is 1.62. The smallest absolute Gasteiger partial charge is 0.272 e. The molecule has 5 nitrogen and oxygen atoms in total. The van der Waals surface area contributed by atoms with Crippen molar-refractivity contribution in [3.63, 3.8) is 0 Å². The Morgan fingerprint density at radius 2 is 2.15 bits per heavy atom. The van der Waals surface area contributed by atoms with Crippen molar-refractivity contribution in [1.29, 1.82) is 0 Å². The highest BCUT2D eigenvalue weighted by molar-refractivity contribution is 6.04. The number of nitrogens with zero attached hydrogens (tertiary/aromatic N) is 2. The predicted octanol–water partition coefficient (Wildman–Crippen LogP) is 1.63. The summed E-state index contributed by atoms with van der Waals surface area (Å²) in [6.07, 6.45) is 2.30. The Morgan fingerprint density at radius 1 is 1.40 bits per heavy atom. The van der Waals surface area contributed by atoms with Crippen LogP contribution in [-0.4, -0.2) is 47.7 Å². The molecule has 0 atom stereocenters. The number of aromatic nitrogens is 2. The molecular formula is C15H20N4O.